The van der Waals surface area contributed by atoms with Gasteiger partial charge in [0.1, 0.15) is 6.26 Å². The first kappa shape index (κ1) is 11.7. The minimum absolute atomic E-state index is 0.187. The van der Waals surface area contributed by atoms with Crippen molar-refractivity contribution in [1.82, 2.24) is 10.3 Å². The molecule has 0 unspecified atom stereocenters. The van der Waals surface area contributed by atoms with E-state index in [9.17, 15) is 4.79 Å². The van der Waals surface area contributed by atoms with E-state index >= 15 is 0 Å². The molecule has 0 saturated carbocycles. The van der Waals surface area contributed by atoms with E-state index in [0.29, 0.717) is 13.2 Å². The van der Waals surface area contributed by atoms with Gasteiger partial charge in [-0.05, 0) is 6.92 Å². The lowest BCUT2D eigenvalue weighted by Crippen LogP contribution is -2.30. The van der Waals surface area contributed by atoms with Crippen LogP contribution in [0.2, 0.25) is 0 Å². The fourth-order valence-corrected chi connectivity index (χ4v) is 0.951. The molecule has 0 saturated heterocycles. The number of oxazole rings is 1. The summed E-state index contributed by atoms with van der Waals surface area (Å²) < 4.78 is 9.79. The van der Waals surface area contributed by atoms with Crippen molar-refractivity contribution in [3.05, 3.63) is 12.0 Å². The Morgan fingerprint density at radius 3 is 3.07 bits per heavy atom. The third-order valence-electron chi connectivity index (χ3n) is 1.63. The van der Waals surface area contributed by atoms with Gasteiger partial charge in [-0.2, -0.15) is 4.98 Å². The Morgan fingerprint density at radius 2 is 2.47 bits per heavy atom. The van der Waals surface area contributed by atoms with Crippen LogP contribution in [0.15, 0.2) is 10.7 Å². The van der Waals surface area contributed by atoms with Crippen LogP contribution < -0.4 is 10.6 Å². The fraction of sp³-hybridized carbons (Fsp3) is 0.556. The molecule has 1 rings (SSSR count). The normalized spacial score (nSPS) is 10.3. The van der Waals surface area contributed by atoms with Gasteiger partial charge in [0.05, 0.1) is 18.8 Å². The average molecular weight is 213 g/mol. The summed E-state index contributed by atoms with van der Waals surface area (Å²) >= 11 is 0. The van der Waals surface area contributed by atoms with Gasteiger partial charge in [-0.1, -0.05) is 0 Å². The molecule has 0 bridgehead atoms. The standard InChI is InChI=1S/C9H15N3O3/c1-7-6-15-9(11-7)12-8(13)5-10-3-4-14-2/h6,10H,3-5H2,1-2H3,(H,11,12,13). The summed E-state index contributed by atoms with van der Waals surface area (Å²) in [5.41, 5.74) is 0.734. The number of carbonyl (C=O) groups excluding carboxylic acids is 1. The molecule has 0 atom stereocenters. The van der Waals surface area contributed by atoms with Crippen LogP contribution in [0.5, 0.6) is 0 Å². The van der Waals surface area contributed by atoms with Gasteiger partial charge in [0, 0.05) is 13.7 Å². The third-order valence-corrected chi connectivity index (χ3v) is 1.63. The number of rotatable bonds is 6. The van der Waals surface area contributed by atoms with E-state index in [-0.39, 0.29) is 18.5 Å². The van der Waals surface area contributed by atoms with Gasteiger partial charge in [0.15, 0.2) is 0 Å². The Kier molecular flexibility index (Phi) is 4.79. The SMILES string of the molecule is COCCNCC(=O)Nc1nc(C)co1. The van der Waals surface area contributed by atoms with Crippen LogP contribution in [0.25, 0.3) is 0 Å². The smallest absolute Gasteiger partial charge is 0.301 e. The summed E-state index contributed by atoms with van der Waals surface area (Å²) in [5.74, 6) is -0.187. The second-order valence-electron chi connectivity index (χ2n) is 3.01. The molecule has 0 fully saturated rings. The molecule has 0 aromatic carbocycles. The molecule has 1 aromatic heterocycles. The van der Waals surface area contributed by atoms with E-state index in [1.807, 2.05) is 0 Å². The van der Waals surface area contributed by atoms with E-state index in [2.05, 4.69) is 15.6 Å². The maximum atomic E-state index is 11.3. The molecule has 0 aliphatic heterocycles. The number of nitrogens with one attached hydrogen (secondary N) is 2. The molecule has 2 N–H and O–H groups in total. The number of amides is 1. The van der Waals surface area contributed by atoms with E-state index in [0.717, 1.165) is 5.69 Å². The van der Waals surface area contributed by atoms with Crippen molar-refractivity contribution in [2.24, 2.45) is 0 Å². The summed E-state index contributed by atoms with van der Waals surface area (Å²) in [6, 6.07) is 0.228. The lowest BCUT2D eigenvalue weighted by Gasteiger charge is -2.02. The third kappa shape index (κ3) is 4.57. The molecule has 0 spiro atoms. The van der Waals surface area contributed by atoms with Crippen molar-refractivity contribution < 1.29 is 13.9 Å². The molecule has 0 radical (unpaired) electrons. The van der Waals surface area contributed by atoms with Crippen LogP contribution >= 0.6 is 0 Å². The number of ether oxygens (including phenoxy) is 1. The highest BCUT2D eigenvalue weighted by molar-refractivity contribution is 5.90. The van der Waals surface area contributed by atoms with Crippen LogP contribution in [0.3, 0.4) is 0 Å². The minimum Gasteiger partial charge on any atom is -0.432 e. The van der Waals surface area contributed by atoms with Crippen molar-refractivity contribution in [2.75, 3.05) is 32.1 Å². The monoisotopic (exact) mass is 213 g/mol. The van der Waals surface area contributed by atoms with Gasteiger partial charge < -0.3 is 14.5 Å². The van der Waals surface area contributed by atoms with E-state index < -0.39 is 0 Å². The number of hydrogen-bond acceptors (Lipinski definition) is 5. The zero-order valence-corrected chi connectivity index (χ0v) is 8.87. The van der Waals surface area contributed by atoms with Gasteiger partial charge >= 0.3 is 6.01 Å². The van der Waals surface area contributed by atoms with Gasteiger partial charge in [-0.15, -0.1) is 0 Å². The summed E-state index contributed by atoms with van der Waals surface area (Å²) in [7, 11) is 1.61. The lowest BCUT2D eigenvalue weighted by atomic mass is 10.5. The maximum absolute atomic E-state index is 11.3. The molecule has 84 valence electrons. The van der Waals surface area contributed by atoms with E-state index in [1.165, 1.54) is 6.26 Å². The molecule has 1 amide bonds. The largest absolute Gasteiger partial charge is 0.432 e. The summed E-state index contributed by atoms with van der Waals surface area (Å²) in [4.78, 5) is 15.2. The molecular weight excluding hydrogens is 198 g/mol. The highest BCUT2D eigenvalue weighted by Gasteiger charge is 2.05. The molecule has 0 aliphatic rings. The number of carbonyl (C=O) groups is 1. The quantitative estimate of drug-likeness (QED) is 0.658. The Morgan fingerprint density at radius 1 is 1.67 bits per heavy atom. The molecule has 6 heteroatoms. The molecule has 1 aromatic rings. The zero-order chi connectivity index (χ0) is 11.1. The second kappa shape index (κ2) is 6.15. The molecule has 1 heterocycles. The van der Waals surface area contributed by atoms with Gasteiger partial charge in [-0.25, -0.2) is 0 Å². The van der Waals surface area contributed by atoms with Gasteiger partial charge in [-0.3, -0.25) is 10.1 Å². The first-order chi connectivity index (χ1) is 7.22. The molecule has 6 nitrogen and oxygen atoms in total. The zero-order valence-electron chi connectivity index (χ0n) is 8.87. The highest BCUT2D eigenvalue weighted by atomic mass is 16.5. The van der Waals surface area contributed by atoms with Gasteiger partial charge in [0.2, 0.25) is 5.91 Å². The fourth-order valence-electron chi connectivity index (χ4n) is 0.951. The highest BCUT2D eigenvalue weighted by Crippen LogP contribution is 2.04. The van der Waals surface area contributed by atoms with Crippen LogP contribution in [0, 0.1) is 6.92 Å². The number of nitrogens with zero attached hydrogens (tertiary/aromatic N) is 1. The number of hydrogen-bond donors (Lipinski definition) is 2. The van der Waals surface area contributed by atoms with Gasteiger partial charge in [0.25, 0.3) is 0 Å². The number of methoxy groups -OCH3 is 1. The predicted octanol–water partition coefficient (Wildman–Crippen LogP) is 0.158. The van der Waals surface area contributed by atoms with Crippen molar-refractivity contribution >= 4 is 11.9 Å². The lowest BCUT2D eigenvalue weighted by molar-refractivity contribution is -0.115. The van der Waals surface area contributed by atoms with Crippen molar-refractivity contribution in [3.8, 4) is 0 Å². The maximum Gasteiger partial charge on any atom is 0.301 e. The number of anilines is 1. The second-order valence-corrected chi connectivity index (χ2v) is 3.01. The number of aryl methyl sites for hydroxylation is 1. The Bertz CT molecular complexity index is 311. The Balaban J connectivity index is 2.18. The average Bonchev–Trinajstić information content (AvgIpc) is 2.59. The first-order valence-corrected chi connectivity index (χ1v) is 4.64. The first-order valence-electron chi connectivity index (χ1n) is 4.64. The molecular formula is C9H15N3O3. The topological polar surface area (TPSA) is 76.4 Å². The molecule has 15 heavy (non-hydrogen) atoms. The summed E-state index contributed by atoms with van der Waals surface area (Å²) in [6.07, 6.45) is 1.48. The van der Waals surface area contributed by atoms with Crippen LogP contribution in [-0.4, -0.2) is 37.7 Å². The minimum atomic E-state index is -0.187. The van der Waals surface area contributed by atoms with Crippen molar-refractivity contribution in [2.45, 2.75) is 6.92 Å². The Labute approximate surface area is 88.0 Å². The Hall–Kier alpha value is -1.40. The summed E-state index contributed by atoms with van der Waals surface area (Å²) in [6.45, 7) is 3.21. The van der Waals surface area contributed by atoms with Crippen LogP contribution in [0.1, 0.15) is 5.69 Å². The van der Waals surface area contributed by atoms with Crippen LogP contribution in [0.4, 0.5) is 6.01 Å². The van der Waals surface area contributed by atoms with E-state index in [1.54, 1.807) is 14.0 Å². The van der Waals surface area contributed by atoms with Crippen molar-refractivity contribution in [3.63, 3.8) is 0 Å². The summed E-state index contributed by atoms with van der Waals surface area (Å²) in [5, 5.41) is 5.43. The molecule has 0 aliphatic carbocycles. The van der Waals surface area contributed by atoms with Crippen molar-refractivity contribution in [1.29, 1.82) is 0 Å². The van der Waals surface area contributed by atoms with Crippen LogP contribution in [-0.2, 0) is 9.53 Å². The predicted molar refractivity (Wildman–Crippen MR) is 54.6 cm³/mol. The number of aromatic nitrogens is 1. The van der Waals surface area contributed by atoms with E-state index in [4.69, 9.17) is 9.15 Å².